The summed E-state index contributed by atoms with van der Waals surface area (Å²) in [6, 6.07) is 5.16. The first kappa shape index (κ1) is 25.7. The van der Waals surface area contributed by atoms with E-state index in [1.807, 2.05) is 11.9 Å². The second kappa shape index (κ2) is 10.8. The molecule has 3 aromatic rings. The Balaban J connectivity index is 0.00000408. The Bertz CT molecular complexity index is 1200. The van der Waals surface area contributed by atoms with Gasteiger partial charge in [0.1, 0.15) is 6.04 Å². The van der Waals surface area contributed by atoms with Crippen molar-refractivity contribution < 1.29 is 24.6 Å². The van der Waals surface area contributed by atoms with Crippen LogP contribution in [0.5, 0.6) is 0 Å². The third-order valence-electron chi connectivity index (χ3n) is 4.72. The lowest BCUT2D eigenvalue weighted by Crippen LogP contribution is -2.41. The number of nitrogens with zero attached hydrogens (tertiary/aromatic N) is 5. The molecule has 0 aliphatic rings. The van der Waals surface area contributed by atoms with Crippen molar-refractivity contribution in [2.75, 3.05) is 23.4 Å². The highest BCUT2D eigenvalue weighted by molar-refractivity contribution is 5.97. The molecular weight excluding hydrogens is 444 g/mol. The van der Waals surface area contributed by atoms with E-state index < -0.39 is 23.9 Å². The monoisotopic (exact) mass is 470 g/mol. The van der Waals surface area contributed by atoms with Crippen molar-refractivity contribution in [1.82, 2.24) is 25.3 Å². The van der Waals surface area contributed by atoms with E-state index in [9.17, 15) is 19.5 Å². The fraction of sp³-hybridized carbons (Fsp3) is 0.286. The molecule has 180 valence electrons. The van der Waals surface area contributed by atoms with E-state index >= 15 is 0 Å². The predicted octanol–water partition coefficient (Wildman–Crippen LogP) is 0.905. The van der Waals surface area contributed by atoms with Gasteiger partial charge in [0.25, 0.3) is 5.91 Å². The summed E-state index contributed by atoms with van der Waals surface area (Å²) in [5.41, 5.74) is 13.7. The SMILES string of the molecule is C.CN(Cc1cnc2nc(N)nc(N)c2n1)c1ccc(C(=O)N[C@@H](CCC(=O)O)C(=O)O)cc1. The van der Waals surface area contributed by atoms with E-state index in [1.54, 1.807) is 18.3 Å². The first-order valence-electron chi connectivity index (χ1n) is 9.75. The zero-order valence-electron chi connectivity index (χ0n) is 17.6. The molecule has 0 aliphatic heterocycles. The molecule has 0 radical (unpaired) electrons. The van der Waals surface area contributed by atoms with Crippen molar-refractivity contribution >= 4 is 46.5 Å². The molecule has 0 saturated carbocycles. The summed E-state index contributed by atoms with van der Waals surface area (Å²) in [5, 5.41) is 20.2. The standard InChI is InChI=1S/C20H22N8O5.CH4/c1-28(9-11-8-23-17-15(24-11)16(21)26-20(22)27-17)12-4-2-10(3-5-12)18(31)25-13(19(32)33)6-7-14(29)30;/h2-5,8,13H,6-7,9H2,1H3,(H,25,31)(H,29,30)(H,32,33)(H4,21,22,23,26,27);1H4/t13-;/m0./s1. The summed E-state index contributed by atoms with van der Waals surface area (Å²) >= 11 is 0. The van der Waals surface area contributed by atoms with Gasteiger partial charge >= 0.3 is 11.9 Å². The molecule has 1 aromatic carbocycles. The van der Waals surface area contributed by atoms with Gasteiger partial charge in [-0.3, -0.25) is 9.59 Å². The smallest absolute Gasteiger partial charge is 0.326 e. The van der Waals surface area contributed by atoms with Crippen LogP contribution in [0.4, 0.5) is 17.5 Å². The van der Waals surface area contributed by atoms with Gasteiger partial charge in [0, 0.05) is 24.7 Å². The normalized spacial score (nSPS) is 11.3. The molecule has 0 unspecified atom stereocenters. The molecule has 0 aliphatic carbocycles. The first-order chi connectivity index (χ1) is 15.6. The van der Waals surface area contributed by atoms with E-state index in [1.165, 1.54) is 12.1 Å². The number of nitrogen functional groups attached to an aromatic ring is 2. The van der Waals surface area contributed by atoms with E-state index in [2.05, 4.69) is 25.3 Å². The molecule has 7 N–H and O–H groups in total. The fourth-order valence-corrected chi connectivity index (χ4v) is 3.03. The lowest BCUT2D eigenvalue weighted by molar-refractivity contribution is -0.140. The number of carboxylic acids is 2. The molecule has 0 fully saturated rings. The number of aliphatic carboxylic acids is 2. The Morgan fingerprint density at radius 3 is 2.38 bits per heavy atom. The van der Waals surface area contributed by atoms with Crippen LogP contribution < -0.4 is 21.7 Å². The summed E-state index contributed by atoms with van der Waals surface area (Å²) in [5.74, 6) is -2.91. The molecule has 0 spiro atoms. The largest absolute Gasteiger partial charge is 0.481 e. The summed E-state index contributed by atoms with van der Waals surface area (Å²) < 4.78 is 0. The summed E-state index contributed by atoms with van der Waals surface area (Å²) in [6.45, 7) is 0.370. The lowest BCUT2D eigenvalue weighted by atomic mass is 10.1. The number of rotatable bonds is 9. The molecule has 3 rings (SSSR count). The Kier molecular flexibility index (Phi) is 8.20. The van der Waals surface area contributed by atoms with Crippen LogP contribution >= 0.6 is 0 Å². The minimum absolute atomic E-state index is 0. The quantitative estimate of drug-likeness (QED) is 0.295. The number of hydrogen-bond donors (Lipinski definition) is 5. The third kappa shape index (κ3) is 6.25. The number of anilines is 3. The number of carboxylic acid groups (broad SMARTS) is 2. The van der Waals surface area contributed by atoms with E-state index in [4.69, 9.17) is 16.6 Å². The number of hydrogen-bond acceptors (Lipinski definition) is 10. The predicted molar refractivity (Wildman–Crippen MR) is 125 cm³/mol. The van der Waals surface area contributed by atoms with Crippen molar-refractivity contribution in [3.63, 3.8) is 0 Å². The minimum Gasteiger partial charge on any atom is -0.481 e. The van der Waals surface area contributed by atoms with Gasteiger partial charge in [-0.2, -0.15) is 9.97 Å². The van der Waals surface area contributed by atoms with Crippen LogP contribution in [0.2, 0.25) is 0 Å². The molecule has 2 aromatic heterocycles. The molecule has 34 heavy (non-hydrogen) atoms. The number of carbonyl (C=O) groups excluding carboxylic acids is 1. The third-order valence-corrected chi connectivity index (χ3v) is 4.72. The Labute approximate surface area is 194 Å². The van der Waals surface area contributed by atoms with E-state index in [0.717, 1.165) is 5.69 Å². The number of aromatic nitrogens is 4. The molecule has 2 heterocycles. The van der Waals surface area contributed by atoms with Gasteiger partial charge in [-0.05, 0) is 30.7 Å². The Hall–Kier alpha value is -4.55. The summed E-state index contributed by atoms with van der Waals surface area (Å²) in [6.07, 6.45) is 0.964. The van der Waals surface area contributed by atoms with Gasteiger partial charge in [-0.15, -0.1) is 0 Å². The lowest BCUT2D eigenvalue weighted by Gasteiger charge is -2.19. The molecule has 1 amide bonds. The number of nitrogens with two attached hydrogens (primary N) is 2. The van der Waals surface area contributed by atoms with E-state index in [-0.39, 0.29) is 37.6 Å². The van der Waals surface area contributed by atoms with Gasteiger partial charge in [0.15, 0.2) is 17.0 Å². The van der Waals surface area contributed by atoms with Crippen molar-refractivity contribution in [3.05, 3.63) is 41.7 Å². The summed E-state index contributed by atoms with van der Waals surface area (Å²) in [4.78, 5) is 52.7. The second-order valence-electron chi connectivity index (χ2n) is 7.20. The fourth-order valence-electron chi connectivity index (χ4n) is 3.03. The maximum absolute atomic E-state index is 12.4. The molecular formula is C21H26N8O5. The number of fused-ring (bicyclic) bond motifs is 1. The van der Waals surface area contributed by atoms with Crippen LogP contribution in [0.15, 0.2) is 30.5 Å². The van der Waals surface area contributed by atoms with Crippen LogP contribution in [0.1, 0.15) is 36.3 Å². The van der Waals surface area contributed by atoms with Crippen LogP contribution in [0.25, 0.3) is 11.2 Å². The number of carbonyl (C=O) groups is 3. The van der Waals surface area contributed by atoms with Crippen LogP contribution in [0, 0.1) is 0 Å². The maximum Gasteiger partial charge on any atom is 0.326 e. The maximum atomic E-state index is 12.4. The van der Waals surface area contributed by atoms with Crippen molar-refractivity contribution in [1.29, 1.82) is 0 Å². The van der Waals surface area contributed by atoms with Crippen LogP contribution in [0.3, 0.4) is 0 Å². The van der Waals surface area contributed by atoms with Crippen LogP contribution in [-0.2, 0) is 16.1 Å². The van der Waals surface area contributed by atoms with Crippen molar-refractivity contribution in [2.45, 2.75) is 32.9 Å². The topological polar surface area (TPSA) is 211 Å². The van der Waals surface area contributed by atoms with Gasteiger partial charge in [-0.25, -0.2) is 14.8 Å². The zero-order valence-corrected chi connectivity index (χ0v) is 17.6. The van der Waals surface area contributed by atoms with Crippen molar-refractivity contribution in [2.24, 2.45) is 0 Å². The highest BCUT2D eigenvalue weighted by Crippen LogP contribution is 2.19. The van der Waals surface area contributed by atoms with Crippen LogP contribution in [-0.4, -0.2) is 61.1 Å². The van der Waals surface area contributed by atoms with E-state index in [0.29, 0.717) is 23.4 Å². The first-order valence-corrected chi connectivity index (χ1v) is 9.75. The highest BCUT2D eigenvalue weighted by Gasteiger charge is 2.21. The van der Waals surface area contributed by atoms with Gasteiger partial charge < -0.3 is 31.9 Å². The van der Waals surface area contributed by atoms with Gasteiger partial charge in [0.2, 0.25) is 5.95 Å². The second-order valence-corrected chi connectivity index (χ2v) is 7.20. The Morgan fingerprint density at radius 1 is 1.09 bits per heavy atom. The minimum atomic E-state index is -1.30. The number of benzene rings is 1. The van der Waals surface area contributed by atoms with Gasteiger partial charge in [0.05, 0.1) is 18.4 Å². The molecule has 13 nitrogen and oxygen atoms in total. The zero-order chi connectivity index (χ0) is 24.1. The van der Waals surface area contributed by atoms with Crippen molar-refractivity contribution in [3.8, 4) is 0 Å². The average Bonchev–Trinajstić information content (AvgIpc) is 2.76. The average molecular weight is 470 g/mol. The summed E-state index contributed by atoms with van der Waals surface area (Å²) in [7, 11) is 1.82. The molecule has 1 atom stereocenters. The Morgan fingerprint density at radius 2 is 1.76 bits per heavy atom. The number of nitrogens with one attached hydrogen (secondary N) is 1. The van der Waals surface area contributed by atoms with Gasteiger partial charge in [-0.1, -0.05) is 7.43 Å². The molecule has 0 bridgehead atoms. The number of amides is 1. The molecule has 13 heteroatoms. The molecule has 0 saturated heterocycles. The highest BCUT2D eigenvalue weighted by atomic mass is 16.4.